The van der Waals surface area contributed by atoms with E-state index in [-0.39, 0.29) is 11.2 Å². The molecule has 0 amide bonds. The Balaban J connectivity index is 1.59. The number of aryl methyl sites for hydroxylation is 1. The van der Waals surface area contributed by atoms with Crippen molar-refractivity contribution in [2.75, 3.05) is 6.61 Å². The molecule has 0 radical (unpaired) electrons. The first-order valence-electron chi connectivity index (χ1n) is 7.66. The molecule has 0 saturated carbocycles. The fraction of sp³-hybridized carbons (Fsp3) is 0.294. The Morgan fingerprint density at radius 1 is 1.21 bits per heavy atom. The van der Waals surface area contributed by atoms with Crippen molar-refractivity contribution < 1.29 is 4.74 Å². The van der Waals surface area contributed by atoms with Gasteiger partial charge in [0.1, 0.15) is 10.6 Å². The van der Waals surface area contributed by atoms with Gasteiger partial charge in [-0.15, -0.1) is 11.3 Å². The highest BCUT2D eigenvalue weighted by atomic mass is 35.5. The summed E-state index contributed by atoms with van der Waals surface area (Å²) in [5.74, 6) is 0.754. The van der Waals surface area contributed by atoms with Gasteiger partial charge >= 0.3 is 5.69 Å². The Morgan fingerprint density at radius 2 is 1.96 bits per heavy atom. The van der Waals surface area contributed by atoms with Crippen LogP contribution in [0.1, 0.15) is 17.7 Å². The average Bonchev–Trinajstić information content (AvgIpc) is 2.92. The summed E-state index contributed by atoms with van der Waals surface area (Å²) in [6.07, 6.45) is 1.43. The molecule has 0 aliphatic carbocycles. The summed E-state index contributed by atoms with van der Waals surface area (Å²) in [7, 11) is 0. The van der Waals surface area contributed by atoms with E-state index in [1.165, 1.54) is 15.9 Å². The van der Waals surface area contributed by atoms with Crippen LogP contribution in [-0.4, -0.2) is 16.2 Å². The van der Waals surface area contributed by atoms with Crippen molar-refractivity contribution >= 4 is 33.2 Å². The fourth-order valence-electron chi connectivity index (χ4n) is 2.46. The van der Waals surface area contributed by atoms with Crippen molar-refractivity contribution in [1.29, 1.82) is 0 Å². The first-order valence-corrected chi connectivity index (χ1v) is 8.85. The Bertz CT molecular complexity index is 957. The summed E-state index contributed by atoms with van der Waals surface area (Å²) in [6.45, 7) is 2.82. The SMILES string of the molecule is Cc1cc2c(=O)n(CCCCOc3ccc(Cl)cc3)c(=O)[nH]c2s1. The highest BCUT2D eigenvalue weighted by molar-refractivity contribution is 7.18. The lowest BCUT2D eigenvalue weighted by Gasteiger charge is -2.07. The van der Waals surface area contributed by atoms with Crippen LogP contribution in [0.25, 0.3) is 10.2 Å². The van der Waals surface area contributed by atoms with Gasteiger partial charge in [-0.1, -0.05) is 11.6 Å². The number of thiophene rings is 1. The Labute approximate surface area is 147 Å². The molecular weight excluding hydrogens is 348 g/mol. The van der Waals surface area contributed by atoms with Crippen molar-refractivity contribution in [3.8, 4) is 5.75 Å². The van der Waals surface area contributed by atoms with Crippen molar-refractivity contribution in [3.05, 3.63) is 61.1 Å². The molecule has 0 bridgehead atoms. The molecule has 3 aromatic rings. The second-order valence-electron chi connectivity index (χ2n) is 5.50. The van der Waals surface area contributed by atoms with Crippen LogP contribution in [0.2, 0.25) is 5.02 Å². The van der Waals surface area contributed by atoms with Crippen molar-refractivity contribution in [3.63, 3.8) is 0 Å². The number of aromatic nitrogens is 2. The maximum Gasteiger partial charge on any atom is 0.329 e. The number of hydrogen-bond acceptors (Lipinski definition) is 4. The predicted octanol–water partition coefficient (Wildman–Crippen LogP) is 3.57. The molecule has 24 heavy (non-hydrogen) atoms. The van der Waals surface area contributed by atoms with Gasteiger partial charge in [0, 0.05) is 16.4 Å². The molecule has 2 aromatic heterocycles. The minimum atomic E-state index is -0.354. The summed E-state index contributed by atoms with van der Waals surface area (Å²) < 4.78 is 6.86. The van der Waals surface area contributed by atoms with E-state index in [2.05, 4.69) is 4.98 Å². The zero-order valence-corrected chi connectivity index (χ0v) is 14.7. The number of nitrogens with one attached hydrogen (secondary N) is 1. The predicted molar refractivity (Wildman–Crippen MR) is 97.6 cm³/mol. The normalized spacial score (nSPS) is 11.1. The lowest BCUT2D eigenvalue weighted by atomic mass is 10.3. The standard InChI is InChI=1S/C17H17ClN2O3S/c1-11-10-14-15(24-11)19-17(22)20(16(14)21)8-2-3-9-23-13-6-4-12(18)5-7-13/h4-7,10H,2-3,8-9H2,1H3,(H,19,22). The van der Waals surface area contributed by atoms with E-state index in [4.69, 9.17) is 16.3 Å². The van der Waals surface area contributed by atoms with E-state index in [0.29, 0.717) is 34.8 Å². The third-order valence-corrected chi connectivity index (χ3v) is 4.87. The average molecular weight is 365 g/mol. The number of unbranched alkanes of at least 4 members (excludes halogenated alkanes) is 1. The van der Waals surface area contributed by atoms with Gasteiger partial charge in [-0.05, 0) is 50.1 Å². The summed E-state index contributed by atoms with van der Waals surface area (Å²) in [4.78, 5) is 28.9. The molecule has 3 rings (SSSR count). The third kappa shape index (κ3) is 3.71. The van der Waals surface area contributed by atoms with Gasteiger partial charge in [0.2, 0.25) is 0 Å². The Kier molecular flexibility index (Phi) is 5.06. The van der Waals surface area contributed by atoms with Crippen LogP contribution < -0.4 is 16.0 Å². The smallest absolute Gasteiger partial charge is 0.329 e. The van der Waals surface area contributed by atoms with Gasteiger partial charge in [-0.2, -0.15) is 0 Å². The lowest BCUT2D eigenvalue weighted by Crippen LogP contribution is -2.34. The number of fused-ring (bicyclic) bond motifs is 1. The number of H-pyrrole nitrogens is 1. The lowest BCUT2D eigenvalue weighted by molar-refractivity contribution is 0.302. The molecule has 2 heterocycles. The first-order chi connectivity index (χ1) is 11.5. The van der Waals surface area contributed by atoms with Gasteiger partial charge in [0.15, 0.2) is 0 Å². The van der Waals surface area contributed by atoms with E-state index in [1.54, 1.807) is 12.1 Å². The van der Waals surface area contributed by atoms with Crippen molar-refractivity contribution in [2.24, 2.45) is 0 Å². The molecule has 1 N–H and O–H groups in total. The maximum absolute atomic E-state index is 12.4. The van der Waals surface area contributed by atoms with Crippen LogP contribution in [0.4, 0.5) is 0 Å². The topological polar surface area (TPSA) is 64.1 Å². The molecule has 7 heteroatoms. The fourth-order valence-corrected chi connectivity index (χ4v) is 3.48. The second-order valence-corrected chi connectivity index (χ2v) is 7.19. The first kappa shape index (κ1) is 16.8. The summed E-state index contributed by atoms with van der Waals surface area (Å²) in [6, 6.07) is 8.98. The molecule has 0 fully saturated rings. The Morgan fingerprint density at radius 3 is 2.71 bits per heavy atom. The maximum atomic E-state index is 12.4. The number of hydrogen-bond donors (Lipinski definition) is 1. The third-order valence-electron chi connectivity index (χ3n) is 3.65. The largest absolute Gasteiger partial charge is 0.494 e. The van der Waals surface area contributed by atoms with Crippen LogP contribution in [0.3, 0.4) is 0 Å². The number of ether oxygens (including phenoxy) is 1. The van der Waals surface area contributed by atoms with E-state index in [0.717, 1.165) is 17.0 Å². The molecule has 0 aliphatic rings. The van der Waals surface area contributed by atoms with E-state index in [1.807, 2.05) is 25.1 Å². The van der Waals surface area contributed by atoms with Gasteiger partial charge in [0.25, 0.3) is 5.56 Å². The zero-order chi connectivity index (χ0) is 17.1. The molecule has 1 aromatic carbocycles. The Hall–Kier alpha value is -2.05. The van der Waals surface area contributed by atoms with Crippen LogP contribution in [0.5, 0.6) is 5.75 Å². The van der Waals surface area contributed by atoms with Crippen LogP contribution >= 0.6 is 22.9 Å². The number of rotatable bonds is 6. The summed E-state index contributed by atoms with van der Waals surface area (Å²) in [5.41, 5.74) is -0.579. The zero-order valence-electron chi connectivity index (χ0n) is 13.2. The number of nitrogens with zero attached hydrogens (tertiary/aromatic N) is 1. The molecule has 0 spiro atoms. The monoisotopic (exact) mass is 364 g/mol. The molecule has 0 saturated heterocycles. The van der Waals surface area contributed by atoms with Crippen molar-refractivity contribution in [2.45, 2.75) is 26.3 Å². The molecule has 126 valence electrons. The van der Waals surface area contributed by atoms with E-state index in [9.17, 15) is 9.59 Å². The molecule has 5 nitrogen and oxygen atoms in total. The number of halogens is 1. The molecule has 0 unspecified atom stereocenters. The molecule has 0 aliphatic heterocycles. The second kappa shape index (κ2) is 7.23. The van der Waals surface area contributed by atoms with E-state index >= 15 is 0 Å². The molecule has 0 atom stereocenters. The van der Waals surface area contributed by atoms with Gasteiger partial charge in [-0.3, -0.25) is 14.3 Å². The van der Waals surface area contributed by atoms with E-state index < -0.39 is 0 Å². The van der Waals surface area contributed by atoms with Gasteiger partial charge in [-0.25, -0.2) is 4.79 Å². The molecular formula is C17H17ClN2O3S. The summed E-state index contributed by atoms with van der Waals surface area (Å²) in [5, 5.41) is 1.24. The van der Waals surface area contributed by atoms with Gasteiger partial charge in [0.05, 0.1) is 12.0 Å². The highest BCUT2D eigenvalue weighted by Crippen LogP contribution is 2.18. The van der Waals surface area contributed by atoms with Crippen LogP contribution in [-0.2, 0) is 6.54 Å². The minimum Gasteiger partial charge on any atom is -0.494 e. The van der Waals surface area contributed by atoms with Crippen molar-refractivity contribution in [1.82, 2.24) is 9.55 Å². The van der Waals surface area contributed by atoms with Crippen LogP contribution in [0, 0.1) is 6.92 Å². The quantitative estimate of drug-likeness (QED) is 0.680. The number of benzene rings is 1. The number of aromatic amines is 1. The highest BCUT2D eigenvalue weighted by Gasteiger charge is 2.09. The van der Waals surface area contributed by atoms with Gasteiger partial charge < -0.3 is 4.74 Å². The minimum absolute atomic E-state index is 0.225. The van der Waals surface area contributed by atoms with Crippen LogP contribution in [0.15, 0.2) is 39.9 Å². The summed E-state index contributed by atoms with van der Waals surface area (Å²) >= 11 is 7.24.